The first-order valence-electron chi connectivity index (χ1n) is 9.95. The van der Waals surface area contributed by atoms with Gasteiger partial charge in [-0.2, -0.15) is 0 Å². The molecule has 1 aliphatic rings. The van der Waals surface area contributed by atoms with E-state index in [1.807, 2.05) is 19.1 Å². The van der Waals surface area contributed by atoms with Gasteiger partial charge in [0, 0.05) is 18.1 Å². The molecule has 0 spiro atoms. The molecule has 1 unspecified atom stereocenters. The van der Waals surface area contributed by atoms with E-state index in [0.717, 1.165) is 17.5 Å². The number of ether oxygens (including phenoxy) is 1. The third-order valence-corrected chi connectivity index (χ3v) is 5.49. The van der Waals surface area contributed by atoms with E-state index in [1.165, 1.54) is 27.8 Å². The SMILES string of the molecule is CCOCCC1=C(c2ccccc2)c2ccccc2C1c1cc(C)ccc1O. The third kappa shape index (κ3) is 3.36. The number of aryl methyl sites for hydroxylation is 1. The molecule has 0 radical (unpaired) electrons. The molecule has 3 aromatic rings. The van der Waals surface area contributed by atoms with Gasteiger partial charge < -0.3 is 9.84 Å². The van der Waals surface area contributed by atoms with Gasteiger partial charge in [0.15, 0.2) is 0 Å². The molecule has 142 valence electrons. The molecule has 0 aromatic heterocycles. The Labute approximate surface area is 167 Å². The Kier molecular flexibility index (Phi) is 5.31. The van der Waals surface area contributed by atoms with Crippen molar-refractivity contribution in [2.75, 3.05) is 13.2 Å². The predicted molar refractivity (Wildman–Crippen MR) is 115 cm³/mol. The van der Waals surface area contributed by atoms with E-state index in [2.05, 4.69) is 67.6 Å². The van der Waals surface area contributed by atoms with Gasteiger partial charge in [-0.15, -0.1) is 0 Å². The van der Waals surface area contributed by atoms with Gasteiger partial charge in [-0.3, -0.25) is 0 Å². The van der Waals surface area contributed by atoms with Crippen LogP contribution in [0.2, 0.25) is 0 Å². The number of hydrogen-bond acceptors (Lipinski definition) is 2. The maximum absolute atomic E-state index is 10.7. The molecular weight excluding hydrogens is 344 g/mol. The van der Waals surface area contributed by atoms with Crippen molar-refractivity contribution in [1.29, 1.82) is 0 Å². The maximum Gasteiger partial charge on any atom is 0.119 e. The number of phenols is 1. The van der Waals surface area contributed by atoms with Gasteiger partial charge >= 0.3 is 0 Å². The Morgan fingerprint density at radius 3 is 2.43 bits per heavy atom. The molecule has 1 aliphatic carbocycles. The highest BCUT2D eigenvalue weighted by Gasteiger charge is 2.33. The molecule has 0 amide bonds. The minimum atomic E-state index is 0.0479. The summed E-state index contributed by atoms with van der Waals surface area (Å²) in [6.07, 6.45) is 0.838. The molecule has 4 rings (SSSR count). The fourth-order valence-corrected chi connectivity index (χ4v) is 4.28. The van der Waals surface area contributed by atoms with Gasteiger partial charge in [-0.1, -0.05) is 72.3 Å². The number of hydrogen-bond donors (Lipinski definition) is 1. The molecule has 1 atom stereocenters. The van der Waals surface area contributed by atoms with Gasteiger partial charge in [0.2, 0.25) is 0 Å². The van der Waals surface area contributed by atoms with E-state index in [4.69, 9.17) is 4.74 Å². The van der Waals surface area contributed by atoms with E-state index in [9.17, 15) is 5.11 Å². The fourth-order valence-electron chi connectivity index (χ4n) is 4.28. The summed E-state index contributed by atoms with van der Waals surface area (Å²) in [5, 5.41) is 10.7. The number of phenolic OH excluding ortho intramolecular Hbond substituents is 1. The molecule has 0 aliphatic heterocycles. The van der Waals surface area contributed by atoms with E-state index in [1.54, 1.807) is 0 Å². The summed E-state index contributed by atoms with van der Waals surface area (Å²) in [7, 11) is 0. The Bertz CT molecular complexity index is 1000. The molecule has 28 heavy (non-hydrogen) atoms. The largest absolute Gasteiger partial charge is 0.508 e. The van der Waals surface area contributed by atoms with Crippen LogP contribution in [0, 0.1) is 6.92 Å². The molecule has 2 heteroatoms. The first-order valence-corrected chi connectivity index (χ1v) is 9.95. The summed E-state index contributed by atoms with van der Waals surface area (Å²) >= 11 is 0. The van der Waals surface area contributed by atoms with Crippen LogP contribution < -0.4 is 0 Å². The van der Waals surface area contributed by atoms with Crippen molar-refractivity contribution >= 4 is 5.57 Å². The van der Waals surface area contributed by atoms with E-state index < -0.39 is 0 Å². The first-order chi connectivity index (χ1) is 13.7. The zero-order valence-corrected chi connectivity index (χ0v) is 16.5. The molecule has 0 bridgehead atoms. The topological polar surface area (TPSA) is 29.5 Å². The Balaban J connectivity index is 1.94. The minimum Gasteiger partial charge on any atom is -0.508 e. The van der Waals surface area contributed by atoms with Crippen molar-refractivity contribution in [3.63, 3.8) is 0 Å². The van der Waals surface area contributed by atoms with E-state index in [0.29, 0.717) is 19.0 Å². The maximum atomic E-state index is 10.7. The zero-order valence-electron chi connectivity index (χ0n) is 16.5. The summed E-state index contributed by atoms with van der Waals surface area (Å²) in [6.45, 7) is 5.49. The Hall–Kier alpha value is -2.84. The van der Waals surface area contributed by atoms with Crippen molar-refractivity contribution in [3.8, 4) is 5.75 Å². The standard InChI is InChI=1S/C26H26O2/c1-3-28-16-15-22-25(19-9-5-4-6-10-19)20-11-7-8-12-21(20)26(22)23-17-18(2)13-14-24(23)27/h4-14,17,26-27H,3,15-16H2,1-2H3. The summed E-state index contributed by atoms with van der Waals surface area (Å²) in [5.41, 5.74) is 8.46. The molecule has 0 saturated heterocycles. The van der Waals surface area contributed by atoms with E-state index in [-0.39, 0.29) is 5.92 Å². The van der Waals surface area contributed by atoms with Gasteiger partial charge in [-0.05, 0) is 54.2 Å². The van der Waals surface area contributed by atoms with Crippen LogP contribution in [-0.4, -0.2) is 18.3 Å². The molecule has 0 fully saturated rings. The average Bonchev–Trinajstić information content (AvgIpc) is 3.04. The highest BCUT2D eigenvalue weighted by Crippen LogP contribution is 2.51. The Morgan fingerprint density at radius 2 is 1.64 bits per heavy atom. The number of rotatable bonds is 6. The first kappa shape index (κ1) is 18.5. The predicted octanol–water partition coefficient (Wildman–Crippen LogP) is 6.07. The van der Waals surface area contributed by atoms with Crippen molar-refractivity contribution in [1.82, 2.24) is 0 Å². The molecule has 0 saturated carbocycles. The highest BCUT2D eigenvalue weighted by molar-refractivity contribution is 5.90. The van der Waals surface area contributed by atoms with Gasteiger partial charge in [0.25, 0.3) is 0 Å². The van der Waals surface area contributed by atoms with Crippen molar-refractivity contribution in [2.24, 2.45) is 0 Å². The third-order valence-electron chi connectivity index (χ3n) is 5.49. The smallest absolute Gasteiger partial charge is 0.119 e. The van der Waals surface area contributed by atoms with Gasteiger partial charge in [0.1, 0.15) is 5.75 Å². The summed E-state index contributed by atoms with van der Waals surface area (Å²) in [6, 6.07) is 25.0. The second-order valence-electron chi connectivity index (χ2n) is 7.30. The average molecular weight is 370 g/mol. The van der Waals surface area contributed by atoms with Crippen LogP contribution in [0.25, 0.3) is 5.57 Å². The molecule has 0 heterocycles. The number of benzene rings is 3. The van der Waals surface area contributed by atoms with Crippen LogP contribution in [0.1, 0.15) is 47.1 Å². The van der Waals surface area contributed by atoms with Crippen LogP contribution in [-0.2, 0) is 4.74 Å². The number of aromatic hydroxyl groups is 1. The summed E-state index contributed by atoms with van der Waals surface area (Å²) in [5.74, 6) is 0.403. The molecule has 2 nitrogen and oxygen atoms in total. The zero-order chi connectivity index (χ0) is 19.5. The fraction of sp³-hybridized carbons (Fsp3) is 0.231. The van der Waals surface area contributed by atoms with Crippen molar-refractivity contribution in [3.05, 3.63) is 106 Å². The van der Waals surface area contributed by atoms with Crippen LogP contribution >= 0.6 is 0 Å². The lowest BCUT2D eigenvalue weighted by atomic mass is 9.85. The molecule has 1 N–H and O–H groups in total. The second kappa shape index (κ2) is 8.04. The van der Waals surface area contributed by atoms with Crippen LogP contribution in [0.4, 0.5) is 0 Å². The van der Waals surface area contributed by atoms with Crippen LogP contribution in [0.15, 0.2) is 78.4 Å². The summed E-state index contributed by atoms with van der Waals surface area (Å²) in [4.78, 5) is 0. The van der Waals surface area contributed by atoms with Gasteiger partial charge in [-0.25, -0.2) is 0 Å². The quantitative estimate of drug-likeness (QED) is 0.533. The minimum absolute atomic E-state index is 0.0479. The lowest BCUT2D eigenvalue weighted by Crippen LogP contribution is -2.06. The Morgan fingerprint density at radius 1 is 0.893 bits per heavy atom. The molecular formula is C26H26O2. The second-order valence-corrected chi connectivity index (χ2v) is 7.30. The highest BCUT2D eigenvalue weighted by atomic mass is 16.5. The van der Waals surface area contributed by atoms with Crippen LogP contribution in [0.3, 0.4) is 0 Å². The monoisotopic (exact) mass is 370 g/mol. The normalized spacial score (nSPS) is 15.7. The van der Waals surface area contributed by atoms with E-state index >= 15 is 0 Å². The lowest BCUT2D eigenvalue weighted by Gasteiger charge is -2.20. The number of fused-ring (bicyclic) bond motifs is 1. The lowest BCUT2D eigenvalue weighted by molar-refractivity contribution is 0.150. The summed E-state index contributed by atoms with van der Waals surface area (Å²) < 4.78 is 5.72. The van der Waals surface area contributed by atoms with Crippen LogP contribution in [0.5, 0.6) is 5.75 Å². The molecule has 3 aromatic carbocycles. The van der Waals surface area contributed by atoms with Gasteiger partial charge in [0.05, 0.1) is 6.61 Å². The van der Waals surface area contributed by atoms with Crippen molar-refractivity contribution in [2.45, 2.75) is 26.2 Å². The van der Waals surface area contributed by atoms with Crippen molar-refractivity contribution < 1.29 is 9.84 Å².